The van der Waals surface area contributed by atoms with E-state index in [-0.39, 0.29) is 0 Å². The Morgan fingerprint density at radius 3 is 1.93 bits per heavy atom. The summed E-state index contributed by atoms with van der Waals surface area (Å²) in [5.74, 6) is 0. The van der Waals surface area contributed by atoms with Gasteiger partial charge in [-0.1, -0.05) is 152 Å². The summed E-state index contributed by atoms with van der Waals surface area (Å²) in [6, 6.07) is 74.1. The van der Waals surface area contributed by atoms with Crippen LogP contribution in [-0.4, -0.2) is 4.57 Å². The zero-order chi connectivity index (χ0) is 36.3. The minimum absolute atomic E-state index is 0.897. The maximum Gasteiger partial charge on any atom is 0.135 e. The summed E-state index contributed by atoms with van der Waals surface area (Å²) in [5.41, 5.74) is 13.2. The van der Waals surface area contributed by atoms with Crippen LogP contribution in [0.3, 0.4) is 0 Å². The normalized spacial score (nSPS) is 11.6. The molecule has 0 aliphatic rings. The van der Waals surface area contributed by atoms with Crippen molar-refractivity contribution in [1.82, 2.24) is 4.57 Å². The fourth-order valence-corrected chi connectivity index (χ4v) is 8.51. The van der Waals surface area contributed by atoms with Gasteiger partial charge >= 0.3 is 0 Å². The van der Waals surface area contributed by atoms with Crippen molar-refractivity contribution in [2.45, 2.75) is 0 Å². The van der Waals surface area contributed by atoms with Crippen molar-refractivity contribution >= 4 is 71.6 Å². The first-order chi connectivity index (χ1) is 27.3. The molecule has 0 saturated heterocycles. The molecule has 11 aromatic rings. The Hall–Kier alpha value is -7.36. The number of rotatable bonds is 6. The number of fused-ring (bicyclic) bond motifs is 7. The van der Waals surface area contributed by atoms with Gasteiger partial charge in [-0.2, -0.15) is 0 Å². The van der Waals surface area contributed by atoms with Crippen LogP contribution < -0.4 is 4.90 Å². The van der Waals surface area contributed by atoms with Crippen molar-refractivity contribution in [2.24, 2.45) is 0 Å². The van der Waals surface area contributed by atoms with Gasteiger partial charge in [-0.15, -0.1) is 0 Å². The van der Waals surface area contributed by atoms with E-state index in [1.165, 1.54) is 38.2 Å². The SMILES string of the molecule is c1ccc(-c2ccccc2N(c2ccc3c4ccccc4n(-c4ccccc4-c4ccc5oc6ccccc6c5c4)c3c2)c2cccc3ccccc23)cc1. The monoisotopic (exact) mass is 702 g/mol. The second-order valence-corrected chi connectivity index (χ2v) is 14.1. The molecule has 0 aliphatic carbocycles. The predicted molar refractivity (Wildman–Crippen MR) is 231 cm³/mol. The maximum atomic E-state index is 6.22. The van der Waals surface area contributed by atoms with Gasteiger partial charge in [0.15, 0.2) is 0 Å². The summed E-state index contributed by atoms with van der Waals surface area (Å²) in [7, 11) is 0. The van der Waals surface area contributed by atoms with Crippen LogP contribution >= 0.6 is 0 Å². The highest BCUT2D eigenvalue weighted by Gasteiger charge is 2.22. The number of hydrogen-bond acceptors (Lipinski definition) is 2. The number of aromatic nitrogens is 1. The van der Waals surface area contributed by atoms with Crippen LogP contribution in [0.1, 0.15) is 0 Å². The lowest BCUT2D eigenvalue weighted by Gasteiger charge is -2.29. The van der Waals surface area contributed by atoms with Crippen LogP contribution in [0.25, 0.3) is 82.5 Å². The fraction of sp³-hybridized carbons (Fsp3) is 0. The number of furan rings is 1. The summed E-state index contributed by atoms with van der Waals surface area (Å²) in [6.07, 6.45) is 0. The molecule has 0 N–H and O–H groups in total. The number of benzene rings is 9. The minimum Gasteiger partial charge on any atom is -0.456 e. The quantitative estimate of drug-likeness (QED) is 0.172. The van der Waals surface area contributed by atoms with Gasteiger partial charge < -0.3 is 13.9 Å². The van der Waals surface area contributed by atoms with Gasteiger partial charge in [-0.3, -0.25) is 0 Å². The number of para-hydroxylation sites is 4. The van der Waals surface area contributed by atoms with Crippen LogP contribution in [0, 0.1) is 0 Å². The highest BCUT2D eigenvalue weighted by atomic mass is 16.3. The van der Waals surface area contributed by atoms with Crippen molar-refractivity contribution in [3.05, 3.63) is 206 Å². The van der Waals surface area contributed by atoms with Crippen LogP contribution in [-0.2, 0) is 0 Å². The lowest BCUT2D eigenvalue weighted by Crippen LogP contribution is -2.12. The zero-order valence-corrected chi connectivity index (χ0v) is 29.9. The van der Waals surface area contributed by atoms with Gasteiger partial charge in [0.25, 0.3) is 0 Å². The molecule has 0 amide bonds. The van der Waals surface area contributed by atoms with Crippen LogP contribution in [0.15, 0.2) is 211 Å². The van der Waals surface area contributed by atoms with Crippen molar-refractivity contribution in [3.8, 4) is 27.9 Å². The molecule has 0 radical (unpaired) electrons. The van der Waals surface area contributed by atoms with Gasteiger partial charge in [0.2, 0.25) is 0 Å². The van der Waals surface area contributed by atoms with E-state index in [0.29, 0.717) is 0 Å². The molecule has 11 rings (SSSR count). The zero-order valence-electron chi connectivity index (χ0n) is 29.9. The van der Waals surface area contributed by atoms with Gasteiger partial charge in [0, 0.05) is 43.7 Å². The molecule has 3 nitrogen and oxygen atoms in total. The number of nitrogens with zero attached hydrogens (tertiary/aromatic N) is 2. The van der Waals surface area contributed by atoms with Crippen molar-refractivity contribution in [2.75, 3.05) is 4.90 Å². The van der Waals surface area contributed by atoms with E-state index in [1.807, 2.05) is 12.1 Å². The molecule has 0 aliphatic heterocycles. The summed E-state index contributed by atoms with van der Waals surface area (Å²) in [5, 5.41) is 7.07. The van der Waals surface area contributed by atoms with E-state index in [1.54, 1.807) is 0 Å². The molecule has 0 unspecified atom stereocenters. The van der Waals surface area contributed by atoms with E-state index >= 15 is 0 Å². The van der Waals surface area contributed by atoms with Gasteiger partial charge in [0.1, 0.15) is 11.2 Å². The van der Waals surface area contributed by atoms with Crippen LogP contribution in [0.2, 0.25) is 0 Å². The minimum atomic E-state index is 0.897. The topological polar surface area (TPSA) is 21.3 Å². The molecular formula is C52H34N2O. The standard InChI is InChI=1S/C52H34N2O/c1-2-15-35(16-3-1)39-20-6-10-24-46(39)53(47-27-14-18-36-17-4-5-19-40(36)47)38-30-31-43-42-22-8-12-26-49(42)54(50(43)34-38)48-25-11-7-21-41(48)37-29-32-52-45(33-37)44-23-9-13-28-51(44)55-52/h1-34H. The highest BCUT2D eigenvalue weighted by molar-refractivity contribution is 6.12. The Kier molecular flexibility index (Phi) is 7.17. The molecular weight excluding hydrogens is 669 g/mol. The fourth-order valence-electron chi connectivity index (χ4n) is 8.51. The Morgan fingerprint density at radius 2 is 1.02 bits per heavy atom. The molecule has 55 heavy (non-hydrogen) atoms. The molecule has 0 atom stereocenters. The maximum absolute atomic E-state index is 6.22. The molecule has 0 saturated carbocycles. The highest BCUT2D eigenvalue weighted by Crippen LogP contribution is 2.46. The molecule has 2 heterocycles. The van der Waals surface area contributed by atoms with Crippen molar-refractivity contribution in [3.63, 3.8) is 0 Å². The second-order valence-electron chi connectivity index (χ2n) is 14.1. The Bertz CT molecular complexity index is 3220. The first-order valence-corrected chi connectivity index (χ1v) is 18.8. The third-order valence-electron chi connectivity index (χ3n) is 11.0. The summed E-state index contributed by atoms with van der Waals surface area (Å²) < 4.78 is 8.67. The molecule has 258 valence electrons. The third kappa shape index (κ3) is 5.05. The number of anilines is 3. The molecule has 9 aromatic carbocycles. The Morgan fingerprint density at radius 1 is 0.364 bits per heavy atom. The van der Waals surface area contributed by atoms with Crippen LogP contribution in [0.4, 0.5) is 17.1 Å². The largest absolute Gasteiger partial charge is 0.456 e. The van der Waals surface area contributed by atoms with Gasteiger partial charge in [-0.05, 0) is 71.1 Å². The van der Waals surface area contributed by atoms with E-state index in [2.05, 4.69) is 204 Å². The molecule has 3 heteroatoms. The van der Waals surface area contributed by atoms with Gasteiger partial charge in [0.05, 0.1) is 28.1 Å². The molecule has 0 fully saturated rings. The van der Waals surface area contributed by atoms with E-state index in [9.17, 15) is 0 Å². The van der Waals surface area contributed by atoms with E-state index in [4.69, 9.17) is 4.42 Å². The average molecular weight is 703 g/mol. The Balaban J connectivity index is 1.18. The third-order valence-corrected chi connectivity index (χ3v) is 11.0. The van der Waals surface area contributed by atoms with Gasteiger partial charge in [-0.25, -0.2) is 0 Å². The first-order valence-electron chi connectivity index (χ1n) is 18.8. The second kappa shape index (κ2) is 12.6. The molecule has 2 aromatic heterocycles. The summed E-state index contributed by atoms with van der Waals surface area (Å²) >= 11 is 0. The van der Waals surface area contributed by atoms with E-state index in [0.717, 1.165) is 61.3 Å². The predicted octanol–water partition coefficient (Wildman–Crippen LogP) is 14.6. The lowest BCUT2D eigenvalue weighted by molar-refractivity contribution is 0.669. The first kappa shape index (κ1) is 31.2. The summed E-state index contributed by atoms with van der Waals surface area (Å²) in [6.45, 7) is 0. The lowest BCUT2D eigenvalue weighted by atomic mass is 10.00. The Labute approximate surface area is 318 Å². The average Bonchev–Trinajstić information content (AvgIpc) is 3.79. The summed E-state index contributed by atoms with van der Waals surface area (Å²) in [4.78, 5) is 2.44. The van der Waals surface area contributed by atoms with Crippen molar-refractivity contribution in [1.29, 1.82) is 0 Å². The van der Waals surface area contributed by atoms with Crippen molar-refractivity contribution < 1.29 is 4.42 Å². The molecule has 0 spiro atoms. The molecule has 0 bridgehead atoms. The smallest absolute Gasteiger partial charge is 0.135 e. The number of hydrogen-bond donors (Lipinski definition) is 0. The van der Waals surface area contributed by atoms with E-state index < -0.39 is 0 Å². The van der Waals surface area contributed by atoms with Crippen LogP contribution in [0.5, 0.6) is 0 Å².